The van der Waals surface area contributed by atoms with Gasteiger partial charge >= 0.3 is 11.7 Å². The first-order chi connectivity index (χ1) is 12.1. The summed E-state index contributed by atoms with van der Waals surface area (Å²) in [5, 5.41) is 5.53. The van der Waals surface area contributed by atoms with Crippen molar-refractivity contribution < 1.29 is 9.21 Å². The number of benzene rings is 2. The van der Waals surface area contributed by atoms with Gasteiger partial charge in [-0.25, -0.2) is 14.6 Å². The number of carbonyl (C=O) groups excluding carboxylic acids is 1. The molecule has 0 radical (unpaired) electrons. The normalized spacial score (nSPS) is 11.1. The van der Waals surface area contributed by atoms with Gasteiger partial charge in [-0.1, -0.05) is 6.07 Å². The Bertz CT molecular complexity index is 1140. The summed E-state index contributed by atoms with van der Waals surface area (Å²) >= 11 is 0. The highest BCUT2D eigenvalue weighted by molar-refractivity contribution is 5.91. The summed E-state index contributed by atoms with van der Waals surface area (Å²) in [6.45, 7) is 2.10. The average Bonchev–Trinajstić information content (AvgIpc) is 3.12. The lowest BCUT2D eigenvalue weighted by molar-refractivity contribution is 0.252. The smallest absolute Gasteiger partial charge is 0.323 e. The Kier molecular flexibility index (Phi) is 3.50. The van der Waals surface area contributed by atoms with Crippen LogP contribution in [0.3, 0.4) is 0 Å². The maximum Gasteiger partial charge on any atom is 0.323 e. The van der Waals surface area contributed by atoms with Crippen LogP contribution in [0.1, 0.15) is 11.5 Å². The molecule has 0 unspecified atom stereocenters. The fourth-order valence-corrected chi connectivity index (χ4v) is 2.66. The van der Waals surface area contributed by atoms with E-state index in [0.717, 1.165) is 16.6 Å². The number of oxazole rings is 1. The van der Waals surface area contributed by atoms with Crippen LogP contribution in [0.2, 0.25) is 0 Å². The van der Waals surface area contributed by atoms with Crippen molar-refractivity contribution in [3.63, 3.8) is 0 Å². The molecule has 4 N–H and O–H groups in total. The molecule has 0 aliphatic heterocycles. The molecule has 126 valence electrons. The zero-order chi connectivity index (χ0) is 17.4. The Hall–Kier alpha value is -3.55. The van der Waals surface area contributed by atoms with E-state index in [1.54, 1.807) is 31.2 Å². The Labute approximate surface area is 141 Å². The molecule has 4 aromatic rings. The molecule has 2 heterocycles. The monoisotopic (exact) mass is 337 g/mol. The van der Waals surface area contributed by atoms with Crippen LogP contribution < -0.4 is 16.3 Å². The predicted molar refractivity (Wildman–Crippen MR) is 93.5 cm³/mol. The molecule has 0 bridgehead atoms. The number of H-pyrrole nitrogens is 2. The molecule has 0 aliphatic rings. The van der Waals surface area contributed by atoms with Gasteiger partial charge in [0.05, 0.1) is 11.0 Å². The molecule has 0 spiro atoms. The van der Waals surface area contributed by atoms with Crippen molar-refractivity contribution in [3.8, 4) is 0 Å². The Morgan fingerprint density at radius 2 is 2.00 bits per heavy atom. The Balaban J connectivity index is 1.42. The summed E-state index contributed by atoms with van der Waals surface area (Å²) in [4.78, 5) is 32.9. The second kappa shape index (κ2) is 5.82. The van der Waals surface area contributed by atoms with E-state index in [0.29, 0.717) is 29.2 Å². The van der Waals surface area contributed by atoms with Crippen LogP contribution in [-0.2, 0) is 6.54 Å². The molecule has 0 saturated heterocycles. The SMILES string of the molecule is Cc1nc2ccc(NC(=O)NCc3ccc4[nH]c(=O)[nH]c4c3)cc2o1. The molecule has 0 saturated carbocycles. The van der Waals surface area contributed by atoms with E-state index in [2.05, 4.69) is 25.6 Å². The number of fused-ring (bicyclic) bond motifs is 2. The van der Waals surface area contributed by atoms with E-state index in [4.69, 9.17) is 4.42 Å². The highest BCUT2D eigenvalue weighted by Crippen LogP contribution is 2.19. The molecule has 0 fully saturated rings. The van der Waals surface area contributed by atoms with Crippen LogP contribution in [0.5, 0.6) is 0 Å². The lowest BCUT2D eigenvalue weighted by Gasteiger charge is -2.07. The predicted octanol–water partition coefficient (Wildman–Crippen LogP) is 2.63. The van der Waals surface area contributed by atoms with Crippen molar-refractivity contribution in [1.29, 1.82) is 0 Å². The molecular weight excluding hydrogens is 322 g/mol. The molecule has 4 rings (SSSR count). The molecule has 8 nitrogen and oxygen atoms in total. The number of nitrogens with one attached hydrogen (secondary N) is 4. The minimum atomic E-state index is -0.335. The summed E-state index contributed by atoms with van der Waals surface area (Å²) in [5.74, 6) is 0.579. The van der Waals surface area contributed by atoms with Gasteiger partial charge < -0.3 is 25.0 Å². The highest BCUT2D eigenvalue weighted by Gasteiger charge is 2.07. The van der Waals surface area contributed by atoms with Crippen LogP contribution in [0.4, 0.5) is 10.5 Å². The standard InChI is InChI=1S/C17H15N5O3/c1-9-19-13-5-3-11(7-15(13)25-9)20-16(23)18-8-10-2-4-12-14(6-10)22-17(24)21-12/h2-7H,8H2,1H3,(H2,18,20,23)(H2,21,22,24). The molecule has 0 atom stereocenters. The number of urea groups is 1. The van der Waals surface area contributed by atoms with Crippen LogP contribution in [0.25, 0.3) is 22.1 Å². The number of aromatic nitrogens is 3. The van der Waals surface area contributed by atoms with Gasteiger partial charge in [0, 0.05) is 25.2 Å². The maximum atomic E-state index is 12.1. The van der Waals surface area contributed by atoms with Gasteiger partial charge in [-0.05, 0) is 29.8 Å². The Morgan fingerprint density at radius 3 is 2.88 bits per heavy atom. The second-order valence-electron chi connectivity index (χ2n) is 5.68. The number of nitrogens with zero attached hydrogens (tertiary/aromatic N) is 1. The van der Waals surface area contributed by atoms with E-state index in [9.17, 15) is 9.59 Å². The van der Waals surface area contributed by atoms with Crippen molar-refractivity contribution in [2.24, 2.45) is 0 Å². The van der Waals surface area contributed by atoms with E-state index in [-0.39, 0.29) is 11.7 Å². The van der Waals surface area contributed by atoms with E-state index in [1.807, 2.05) is 12.1 Å². The molecule has 8 heteroatoms. The van der Waals surface area contributed by atoms with Crippen molar-refractivity contribution in [2.45, 2.75) is 13.5 Å². The number of rotatable bonds is 3. The third kappa shape index (κ3) is 3.09. The fraction of sp³-hybridized carbons (Fsp3) is 0.118. The first-order valence-electron chi connectivity index (χ1n) is 7.70. The third-order valence-corrected chi connectivity index (χ3v) is 3.79. The molecule has 2 aromatic heterocycles. The highest BCUT2D eigenvalue weighted by atomic mass is 16.3. The van der Waals surface area contributed by atoms with Crippen LogP contribution in [0, 0.1) is 6.92 Å². The lowest BCUT2D eigenvalue weighted by atomic mass is 10.2. The molecular formula is C17H15N5O3. The average molecular weight is 337 g/mol. The number of aromatic amines is 2. The maximum absolute atomic E-state index is 12.1. The summed E-state index contributed by atoms with van der Waals surface area (Å²) in [5.41, 5.74) is 4.04. The summed E-state index contributed by atoms with van der Waals surface area (Å²) < 4.78 is 5.45. The summed E-state index contributed by atoms with van der Waals surface area (Å²) in [6, 6.07) is 10.4. The minimum absolute atomic E-state index is 0.254. The van der Waals surface area contributed by atoms with Gasteiger partial charge in [0.15, 0.2) is 11.5 Å². The molecule has 0 aliphatic carbocycles. The number of carbonyl (C=O) groups is 1. The van der Waals surface area contributed by atoms with Gasteiger partial charge in [0.25, 0.3) is 0 Å². The van der Waals surface area contributed by atoms with Gasteiger partial charge in [-0.2, -0.15) is 0 Å². The van der Waals surface area contributed by atoms with Gasteiger partial charge in [0.2, 0.25) is 0 Å². The van der Waals surface area contributed by atoms with Crippen molar-refractivity contribution in [3.05, 3.63) is 58.3 Å². The number of anilines is 1. The zero-order valence-corrected chi connectivity index (χ0v) is 13.3. The van der Waals surface area contributed by atoms with Crippen molar-refractivity contribution >= 4 is 33.9 Å². The first-order valence-corrected chi connectivity index (χ1v) is 7.70. The van der Waals surface area contributed by atoms with Crippen molar-refractivity contribution in [1.82, 2.24) is 20.3 Å². The summed E-state index contributed by atoms with van der Waals surface area (Å²) in [6.07, 6.45) is 0. The number of aryl methyl sites for hydroxylation is 1. The lowest BCUT2D eigenvalue weighted by Crippen LogP contribution is -2.28. The fourth-order valence-electron chi connectivity index (χ4n) is 2.66. The van der Waals surface area contributed by atoms with Crippen LogP contribution >= 0.6 is 0 Å². The van der Waals surface area contributed by atoms with E-state index < -0.39 is 0 Å². The van der Waals surface area contributed by atoms with Gasteiger partial charge in [-0.15, -0.1) is 0 Å². The number of amides is 2. The van der Waals surface area contributed by atoms with Gasteiger partial charge in [-0.3, -0.25) is 0 Å². The molecule has 2 amide bonds. The zero-order valence-electron chi connectivity index (χ0n) is 13.3. The number of hydrogen-bond acceptors (Lipinski definition) is 4. The van der Waals surface area contributed by atoms with Crippen LogP contribution in [0.15, 0.2) is 45.6 Å². The first kappa shape index (κ1) is 15.0. The number of imidazole rings is 1. The van der Waals surface area contributed by atoms with E-state index in [1.165, 1.54) is 0 Å². The quantitative estimate of drug-likeness (QED) is 0.460. The largest absolute Gasteiger partial charge is 0.441 e. The third-order valence-electron chi connectivity index (χ3n) is 3.79. The minimum Gasteiger partial charge on any atom is -0.441 e. The van der Waals surface area contributed by atoms with Crippen molar-refractivity contribution in [2.75, 3.05) is 5.32 Å². The summed E-state index contributed by atoms with van der Waals surface area (Å²) in [7, 11) is 0. The van der Waals surface area contributed by atoms with Gasteiger partial charge in [0.1, 0.15) is 5.52 Å². The topological polar surface area (TPSA) is 116 Å². The number of hydrogen-bond donors (Lipinski definition) is 4. The molecule has 2 aromatic carbocycles. The van der Waals surface area contributed by atoms with Crippen LogP contribution in [-0.4, -0.2) is 21.0 Å². The Morgan fingerprint density at radius 1 is 1.16 bits per heavy atom. The van der Waals surface area contributed by atoms with E-state index >= 15 is 0 Å². The second-order valence-corrected chi connectivity index (χ2v) is 5.68. The molecule has 25 heavy (non-hydrogen) atoms.